The van der Waals surface area contributed by atoms with Crippen LogP contribution in [0.5, 0.6) is 11.5 Å². The number of methoxy groups -OCH3 is 1. The summed E-state index contributed by atoms with van der Waals surface area (Å²) in [4.78, 5) is 8.88. The fourth-order valence-electron chi connectivity index (χ4n) is 2.01. The van der Waals surface area contributed by atoms with Crippen molar-refractivity contribution >= 4 is 31.4 Å². The highest BCUT2D eigenvalue weighted by molar-refractivity contribution is 7.93. The van der Waals surface area contributed by atoms with E-state index in [0.29, 0.717) is 0 Å². The van der Waals surface area contributed by atoms with Crippen molar-refractivity contribution in [3.8, 4) is 11.5 Å². The number of nitro benzene ring substituents is 1. The van der Waals surface area contributed by atoms with Crippen molar-refractivity contribution in [1.29, 1.82) is 0 Å². The molecule has 0 aliphatic heterocycles. The van der Waals surface area contributed by atoms with Gasteiger partial charge in [-0.3, -0.25) is 14.8 Å². The van der Waals surface area contributed by atoms with E-state index in [1.54, 1.807) is 0 Å². The molecule has 0 bridgehead atoms. The van der Waals surface area contributed by atoms with Crippen molar-refractivity contribution in [2.75, 3.05) is 11.8 Å². The van der Waals surface area contributed by atoms with E-state index < -0.39 is 46.2 Å². The van der Waals surface area contributed by atoms with Crippen molar-refractivity contribution in [3.05, 3.63) is 46.5 Å². The standard InChI is InChI=1S/C13H13N3O8S2/c1-24-9-3-5-12(10(7-9)16(18)19)26(22,23)15-8-2-4-11(17)13(6-8)25(14,20)21/h2-7,15,17H,1H3,(H2,14,20,21). The van der Waals surface area contributed by atoms with Crippen molar-refractivity contribution in [2.45, 2.75) is 9.79 Å². The van der Waals surface area contributed by atoms with Crippen LogP contribution in [0.2, 0.25) is 0 Å². The molecule has 0 amide bonds. The lowest BCUT2D eigenvalue weighted by molar-refractivity contribution is -0.387. The van der Waals surface area contributed by atoms with Gasteiger partial charge in [0.05, 0.1) is 23.8 Å². The van der Waals surface area contributed by atoms with Gasteiger partial charge in [-0.2, -0.15) is 0 Å². The quantitative estimate of drug-likeness (QED) is 0.359. The lowest BCUT2D eigenvalue weighted by Crippen LogP contribution is -2.16. The highest BCUT2D eigenvalue weighted by Crippen LogP contribution is 2.31. The summed E-state index contributed by atoms with van der Waals surface area (Å²) in [5.41, 5.74) is -1.00. The Balaban J connectivity index is 2.52. The van der Waals surface area contributed by atoms with E-state index in [-0.39, 0.29) is 11.4 Å². The van der Waals surface area contributed by atoms with E-state index in [1.165, 1.54) is 13.2 Å². The number of benzene rings is 2. The van der Waals surface area contributed by atoms with Crippen LogP contribution in [0.1, 0.15) is 0 Å². The van der Waals surface area contributed by atoms with Crippen molar-refractivity contribution in [3.63, 3.8) is 0 Å². The topological polar surface area (TPSA) is 179 Å². The van der Waals surface area contributed by atoms with Crippen LogP contribution in [0, 0.1) is 10.1 Å². The van der Waals surface area contributed by atoms with Crippen LogP contribution in [0.4, 0.5) is 11.4 Å². The van der Waals surface area contributed by atoms with E-state index in [4.69, 9.17) is 9.88 Å². The van der Waals surface area contributed by atoms with Gasteiger partial charge in [-0.15, -0.1) is 0 Å². The summed E-state index contributed by atoms with van der Waals surface area (Å²) in [6, 6.07) is 5.89. The second-order valence-corrected chi connectivity index (χ2v) is 8.10. The second-order valence-electron chi connectivity index (χ2n) is 4.92. The molecule has 0 heterocycles. The van der Waals surface area contributed by atoms with Gasteiger partial charge in [0.1, 0.15) is 16.4 Å². The van der Waals surface area contributed by atoms with Crippen LogP contribution in [-0.2, 0) is 20.0 Å². The summed E-state index contributed by atoms with van der Waals surface area (Å²) in [5.74, 6) is -0.595. The number of rotatable bonds is 6. The molecule has 0 fully saturated rings. The van der Waals surface area contributed by atoms with E-state index in [2.05, 4.69) is 0 Å². The highest BCUT2D eigenvalue weighted by Gasteiger charge is 2.27. The first-order valence-electron chi connectivity index (χ1n) is 6.67. The number of phenolic OH excluding ortho intramolecular Hbond substituents is 1. The van der Waals surface area contributed by atoms with Crippen LogP contribution in [0.3, 0.4) is 0 Å². The summed E-state index contributed by atoms with van der Waals surface area (Å²) in [6.07, 6.45) is 0. The predicted octanol–water partition coefficient (Wildman–Crippen LogP) is 0.757. The third-order valence-electron chi connectivity index (χ3n) is 3.17. The highest BCUT2D eigenvalue weighted by atomic mass is 32.2. The first kappa shape index (κ1) is 19.4. The van der Waals surface area contributed by atoms with Crippen LogP contribution in [0.15, 0.2) is 46.2 Å². The number of hydrogen-bond acceptors (Lipinski definition) is 8. The van der Waals surface area contributed by atoms with E-state index in [0.717, 1.165) is 30.3 Å². The Labute approximate surface area is 148 Å². The zero-order chi connectivity index (χ0) is 19.7. The Morgan fingerprint density at radius 2 is 1.77 bits per heavy atom. The molecule has 0 aromatic heterocycles. The van der Waals surface area contributed by atoms with Gasteiger partial charge in [-0.1, -0.05) is 0 Å². The average Bonchev–Trinajstić information content (AvgIpc) is 2.54. The van der Waals surface area contributed by atoms with Gasteiger partial charge in [0.15, 0.2) is 4.90 Å². The smallest absolute Gasteiger partial charge is 0.293 e. The largest absolute Gasteiger partial charge is 0.507 e. The van der Waals surface area contributed by atoms with E-state index in [1.807, 2.05) is 4.72 Å². The molecule has 0 aliphatic carbocycles. The molecule has 4 N–H and O–H groups in total. The summed E-state index contributed by atoms with van der Waals surface area (Å²) < 4.78 is 54.6. The molecular formula is C13H13N3O8S2. The minimum atomic E-state index is -4.45. The van der Waals surface area contributed by atoms with Gasteiger partial charge < -0.3 is 9.84 Å². The van der Waals surface area contributed by atoms with Gasteiger partial charge in [-0.05, 0) is 30.3 Å². The molecule has 0 saturated carbocycles. The van der Waals surface area contributed by atoms with E-state index in [9.17, 15) is 32.1 Å². The zero-order valence-corrected chi connectivity index (χ0v) is 14.7. The number of anilines is 1. The molecule has 0 spiro atoms. The van der Waals surface area contributed by atoms with Gasteiger partial charge in [-0.25, -0.2) is 22.0 Å². The SMILES string of the molecule is COc1ccc(S(=O)(=O)Nc2ccc(O)c(S(N)(=O)=O)c2)c([N+](=O)[O-])c1. The second kappa shape index (κ2) is 6.78. The fourth-order valence-corrected chi connectivity index (χ4v) is 3.86. The maximum Gasteiger partial charge on any atom is 0.293 e. The molecule has 2 rings (SSSR count). The first-order valence-corrected chi connectivity index (χ1v) is 9.70. The molecule has 0 saturated heterocycles. The van der Waals surface area contributed by atoms with E-state index >= 15 is 0 Å². The molecular weight excluding hydrogens is 390 g/mol. The maximum atomic E-state index is 12.5. The minimum absolute atomic E-state index is 0.0804. The Hall–Kier alpha value is -2.90. The molecule has 2 aromatic rings. The lowest BCUT2D eigenvalue weighted by atomic mass is 10.3. The predicted molar refractivity (Wildman–Crippen MR) is 89.9 cm³/mol. The molecule has 0 radical (unpaired) electrons. The number of nitro groups is 1. The number of sulfonamides is 2. The maximum absolute atomic E-state index is 12.5. The number of hydrogen-bond donors (Lipinski definition) is 3. The number of nitrogens with two attached hydrogens (primary N) is 1. The summed E-state index contributed by atoms with van der Waals surface area (Å²) in [5, 5.41) is 25.6. The molecule has 140 valence electrons. The molecule has 0 atom stereocenters. The Morgan fingerprint density at radius 1 is 1.12 bits per heavy atom. The van der Waals surface area contributed by atoms with Crippen LogP contribution < -0.4 is 14.6 Å². The number of nitrogens with one attached hydrogen (secondary N) is 1. The van der Waals surface area contributed by atoms with Gasteiger partial charge in [0.25, 0.3) is 15.7 Å². The summed E-state index contributed by atoms with van der Waals surface area (Å²) in [7, 11) is -7.51. The first-order chi connectivity index (χ1) is 12.0. The van der Waals surface area contributed by atoms with Gasteiger partial charge >= 0.3 is 0 Å². The Kier molecular flexibility index (Phi) is 5.06. The van der Waals surface area contributed by atoms with Crippen molar-refractivity contribution in [1.82, 2.24) is 0 Å². The minimum Gasteiger partial charge on any atom is -0.507 e. The molecule has 11 nitrogen and oxygen atoms in total. The number of phenols is 1. The zero-order valence-electron chi connectivity index (χ0n) is 13.1. The monoisotopic (exact) mass is 403 g/mol. The summed E-state index contributed by atoms with van der Waals surface area (Å²) >= 11 is 0. The van der Waals surface area contributed by atoms with Gasteiger partial charge in [0.2, 0.25) is 10.0 Å². The molecule has 13 heteroatoms. The third-order valence-corrected chi connectivity index (χ3v) is 5.54. The molecule has 0 unspecified atom stereocenters. The van der Waals surface area contributed by atoms with Crippen LogP contribution in [0.25, 0.3) is 0 Å². The molecule has 0 aliphatic rings. The third kappa shape index (κ3) is 4.01. The fraction of sp³-hybridized carbons (Fsp3) is 0.0769. The molecule has 2 aromatic carbocycles. The van der Waals surface area contributed by atoms with Crippen LogP contribution >= 0.6 is 0 Å². The Morgan fingerprint density at radius 3 is 2.31 bits per heavy atom. The average molecular weight is 403 g/mol. The number of nitrogens with zero attached hydrogens (tertiary/aromatic N) is 1. The van der Waals surface area contributed by atoms with Crippen molar-refractivity contribution < 1.29 is 31.6 Å². The normalized spacial score (nSPS) is 11.8. The lowest BCUT2D eigenvalue weighted by Gasteiger charge is -2.11. The number of primary sulfonamides is 1. The van der Waals surface area contributed by atoms with Crippen molar-refractivity contribution in [2.24, 2.45) is 5.14 Å². The number of ether oxygens (including phenoxy) is 1. The molecule has 26 heavy (non-hydrogen) atoms. The number of aromatic hydroxyl groups is 1. The summed E-state index contributed by atoms with van der Waals surface area (Å²) in [6.45, 7) is 0. The van der Waals surface area contributed by atoms with Crippen LogP contribution in [-0.4, -0.2) is 34.0 Å². The van der Waals surface area contributed by atoms with Gasteiger partial charge in [0, 0.05) is 0 Å². The Bertz CT molecular complexity index is 1080.